The summed E-state index contributed by atoms with van der Waals surface area (Å²) in [5, 5.41) is 3.78. The fourth-order valence-electron chi connectivity index (χ4n) is 2.89. The molecule has 0 unspecified atom stereocenters. The fourth-order valence-corrected chi connectivity index (χ4v) is 3.76. The van der Waals surface area contributed by atoms with Gasteiger partial charge in [0.2, 0.25) is 0 Å². The van der Waals surface area contributed by atoms with E-state index >= 15 is 0 Å². The number of ketones is 1. The van der Waals surface area contributed by atoms with Crippen molar-refractivity contribution < 1.29 is 14.3 Å². The van der Waals surface area contributed by atoms with Crippen LogP contribution in [0.2, 0.25) is 10.0 Å². The first-order chi connectivity index (χ1) is 14.3. The molecule has 1 amide bonds. The Balaban J connectivity index is 1.77. The van der Waals surface area contributed by atoms with Crippen LogP contribution in [0.1, 0.15) is 27.0 Å². The van der Waals surface area contributed by atoms with E-state index in [4.69, 9.17) is 27.9 Å². The number of aryl methyl sites for hydroxylation is 1. The number of hydrogen-bond donors (Lipinski definition) is 1. The Morgan fingerprint density at radius 2 is 1.73 bits per heavy atom. The minimum absolute atomic E-state index is 0.235. The van der Waals surface area contributed by atoms with Gasteiger partial charge in [0.25, 0.3) is 5.91 Å². The Kier molecular flexibility index (Phi) is 7.19. The maximum Gasteiger partial charge on any atom is 0.262 e. The van der Waals surface area contributed by atoms with Gasteiger partial charge in [0, 0.05) is 21.2 Å². The summed E-state index contributed by atoms with van der Waals surface area (Å²) in [4.78, 5) is 25.4. The first-order valence-corrected chi connectivity index (χ1v) is 10.6. The Bertz CT molecular complexity index is 1120. The van der Waals surface area contributed by atoms with Crippen LogP contribution in [0.4, 0.5) is 5.69 Å². The number of carbonyl (C=O) groups excluding carboxylic acids is 2. The molecule has 0 aliphatic carbocycles. The van der Waals surface area contributed by atoms with Gasteiger partial charge in [-0.05, 0) is 65.2 Å². The maximum absolute atomic E-state index is 12.9. The number of ether oxygens (including phenoxy) is 1. The van der Waals surface area contributed by atoms with Crippen LogP contribution in [0, 0.1) is 13.8 Å². The van der Waals surface area contributed by atoms with E-state index < -0.39 is 5.91 Å². The molecule has 0 saturated heterocycles. The van der Waals surface area contributed by atoms with Crippen LogP contribution in [0.15, 0.2) is 59.1 Å². The lowest BCUT2D eigenvalue weighted by atomic mass is 10.0. The van der Waals surface area contributed by atoms with Crippen molar-refractivity contribution in [3.05, 3.63) is 91.4 Å². The Morgan fingerprint density at radius 1 is 1.03 bits per heavy atom. The molecule has 3 aromatic carbocycles. The number of nitrogens with one attached hydrogen (secondary N) is 1. The molecule has 30 heavy (non-hydrogen) atoms. The van der Waals surface area contributed by atoms with Gasteiger partial charge < -0.3 is 10.1 Å². The van der Waals surface area contributed by atoms with Gasteiger partial charge in [0.1, 0.15) is 5.75 Å². The van der Waals surface area contributed by atoms with E-state index in [0.717, 1.165) is 11.1 Å². The van der Waals surface area contributed by atoms with E-state index in [0.29, 0.717) is 37.1 Å². The molecular formula is C23H18BrCl2NO3. The van der Waals surface area contributed by atoms with Crippen molar-refractivity contribution in [3.8, 4) is 5.75 Å². The SMILES string of the molecule is Cc1cc(OCC(=O)Nc2ccc(Cl)cc2C(=O)c2ccccc2)c(Br)c(C)c1Cl. The summed E-state index contributed by atoms with van der Waals surface area (Å²) in [5.74, 6) is -0.126. The molecule has 3 rings (SSSR count). The predicted octanol–water partition coefficient (Wildman–Crippen LogP) is 6.62. The van der Waals surface area contributed by atoms with Crippen molar-refractivity contribution in [2.24, 2.45) is 0 Å². The number of amides is 1. The largest absolute Gasteiger partial charge is 0.483 e. The van der Waals surface area contributed by atoms with Crippen LogP contribution in [-0.4, -0.2) is 18.3 Å². The summed E-state index contributed by atoms with van der Waals surface area (Å²) >= 11 is 15.8. The molecule has 0 atom stereocenters. The van der Waals surface area contributed by atoms with Crippen molar-refractivity contribution in [2.45, 2.75) is 13.8 Å². The summed E-state index contributed by atoms with van der Waals surface area (Å²) in [5.41, 5.74) is 2.86. The van der Waals surface area contributed by atoms with Crippen molar-refractivity contribution in [1.82, 2.24) is 0 Å². The van der Waals surface area contributed by atoms with E-state index in [1.807, 2.05) is 19.9 Å². The third kappa shape index (κ3) is 5.04. The van der Waals surface area contributed by atoms with Gasteiger partial charge in [-0.25, -0.2) is 0 Å². The predicted molar refractivity (Wildman–Crippen MR) is 124 cm³/mol. The molecule has 7 heteroatoms. The highest BCUT2D eigenvalue weighted by molar-refractivity contribution is 9.10. The lowest BCUT2D eigenvalue weighted by Crippen LogP contribution is -2.22. The molecule has 0 bridgehead atoms. The standard InChI is InChI=1S/C23H18BrCl2NO3/c1-13-10-19(21(24)14(2)22(13)26)30-12-20(28)27-18-9-8-16(25)11-17(18)23(29)15-6-4-3-5-7-15/h3-11H,12H2,1-2H3,(H,27,28). The first kappa shape index (κ1) is 22.3. The van der Waals surface area contributed by atoms with Crippen molar-refractivity contribution in [1.29, 1.82) is 0 Å². The van der Waals surface area contributed by atoms with Crippen LogP contribution >= 0.6 is 39.1 Å². The highest BCUT2D eigenvalue weighted by Gasteiger charge is 2.17. The first-order valence-electron chi connectivity index (χ1n) is 9.05. The fraction of sp³-hybridized carbons (Fsp3) is 0.130. The highest BCUT2D eigenvalue weighted by Crippen LogP contribution is 2.35. The number of hydrogen-bond acceptors (Lipinski definition) is 3. The van der Waals surface area contributed by atoms with E-state index in [1.54, 1.807) is 42.5 Å². The van der Waals surface area contributed by atoms with Crippen LogP contribution in [0.25, 0.3) is 0 Å². The van der Waals surface area contributed by atoms with Crippen LogP contribution in [0.3, 0.4) is 0 Å². The van der Waals surface area contributed by atoms with Crippen molar-refractivity contribution in [3.63, 3.8) is 0 Å². The average Bonchev–Trinajstić information content (AvgIpc) is 2.75. The molecule has 1 N–H and O–H groups in total. The van der Waals surface area contributed by atoms with E-state index in [9.17, 15) is 9.59 Å². The van der Waals surface area contributed by atoms with Gasteiger partial charge in [0.05, 0.1) is 10.2 Å². The zero-order chi connectivity index (χ0) is 21.8. The van der Waals surface area contributed by atoms with E-state index in [2.05, 4.69) is 21.2 Å². The smallest absolute Gasteiger partial charge is 0.262 e. The second-order valence-electron chi connectivity index (χ2n) is 6.67. The Labute approximate surface area is 193 Å². The minimum Gasteiger partial charge on any atom is -0.483 e. The Morgan fingerprint density at radius 3 is 2.43 bits per heavy atom. The molecule has 0 aromatic heterocycles. The molecule has 0 aliphatic rings. The third-order valence-electron chi connectivity index (χ3n) is 4.46. The average molecular weight is 507 g/mol. The molecule has 0 spiro atoms. The van der Waals surface area contributed by atoms with Crippen LogP contribution < -0.4 is 10.1 Å². The maximum atomic E-state index is 12.9. The lowest BCUT2D eigenvalue weighted by molar-refractivity contribution is -0.118. The second kappa shape index (κ2) is 9.65. The number of benzene rings is 3. The van der Waals surface area contributed by atoms with Gasteiger partial charge in [-0.3, -0.25) is 9.59 Å². The van der Waals surface area contributed by atoms with Gasteiger partial charge in [-0.2, -0.15) is 0 Å². The molecular weight excluding hydrogens is 489 g/mol. The lowest BCUT2D eigenvalue weighted by Gasteiger charge is -2.14. The zero-order valence-corrected chi connectivity index (χ0v) is 19.4. The van der Waals surface area contributed by atoms with E-state index in [-0.39, 0.29) is 12.4 Å². The minimum atomic E-state index is -0.406. The van der Waals surface area contributed by atoms with E-state index in [1.165, 1.54) is 6.07 Å². The number of rotatable bonds is 6. The molecule has 0 radical (unpaired) electrons. The molecule has 0 fully saturated rings. The zero-order valence-electron chi connectivity index (χ0n) is 16.3. The van der Waals surface area contributed by atoms with Crippen LogP contribution in [-0.2, 0) is 4.79 Å². The summed E-state index contributed by atoms with van der Waals surface area (Å²) in [6.45, 7) is 3.49. The van der Waals surface area contributed by atoms with Crippen LogP contribution in [0.5, 0.6) is 5.75 Å². The van der Waals surface area contributed by atoms with Crippen molar-refractivity contribution >= 4 is 56.5 Å². The summed E-state index contributed by atoms with van der Waals surface area (Å²) in [6, 6.07) is 15.3. The number of carbonyl (C=O) groups is 2. The van der Waals surface area contributed by atoms with Gasteiger partial charge >= 0.3 is 0 Å². The second-order valence-corrected chi connectivity index (χ2v) is 8.27. The quantitative estimate of drug-likeness (QED) is 0.382. The van der Waals surface area contributed by atoms with Gasteiger partial charge in [-0.1, -0.05) is 53.5 Å². The Hall–Kier alpha value is -2.34. The monoisotopic (exact) mass is 505 g/mol. The molecule has 0 heterocycles. The molecule has 3 aromatic rings. The summed E-state index contributed by atoms with van der Waals surface area (Å²) in [6.07, 6.45) is 0. The van der Waals surface area contributed by atoms with Gasteiger partial charge in [-0.15, -0.1) is 0 Å². The molecule has 4 nitrogen and oxygen atoms in total. The number of anilines is 1. The van der Waals surface area contributed by atoms with Gasteiger partial charge in [0.15, 0.2) is 12.4 Å². The highest BCUT2D eigenvalue weighted by atomic mass is 79.9. The van der Waals surface area contributed by atoms with Crippen molar-refractivity contribution in [2.75, 3.05) is 11.9 Å². The molecule has 0 aliphatic heterocycles. The molecule has 154 valence electrons. The normalized spacial score (nSPS) is 10.6. The summed E-state index contributed by atoms with van der Waals surface area (Å²) in [7, 11) is 0. The molecule has 0 saturated carbocycles. The number of halogens is 3. The third-order valence-corrected chi connectivity index (χ3v) is 6.27. The summed E-state index contributed by atoms with van der Waals surface area (Å²) < 4.78 is 6.36. The topological polar surface area (TPSA) is 55.4 Å².